The van der Waals surface area contributed by atoms with Gasteiger partial charge in [-0.15, -0.1) is 0 Å². The molecule has 2 aromatic rings. The summed E-state index contributed by atoms with van der Waals surface area (Å²) in [5.74, 6) is 0. The van der Waals surface area contributed by atoms with E-state index in [0.29, 0.717) is 5.69 Å². The second-order valence-electron chi connectivity index (χ2n) is 5.13. The van der Waals surface area contributed by atoms with Crippen LogP contribution in [0.3, 0.4) is 0 Å². The van der Waals surface area contributed by atoms with Crippen molar-refractivity contribution in [2.24, 2.45) is 0 Å². The van der Waals surface area contributed by atoms with Crippen molar-refractivity contribution in [3.8, 4) is 0 Å². The first-order chi connectivity index (χ1) is 9.87. The second-order valence-corrected chi connectivity index (χ2v) is 6.70. The predicted molar refractivity (Wildman–Crippen MR) is 88.7 cm³/mol. The molecule has 1 N–H and O–H groups in total. The highest BCUT2D eigenvalue weighted by atomic mass is 32.2. The Morgan fingerprint density at radius 2 is 1.52 bits per heavy atom. The number of hydrogen-bond acceptors (Lipinski definition) is 2. The predicted octanol–water partition coefficient (Wildman–Crippen LogP) is 4.02. The summed E-state index contributed by atoms with van der Waals surface area (Å²) in [5.41, 5.74) is 4.46. The van der Waals surface area contributed by atoms with E-state index in [9.17, 15) is 8.42 Å². The number of benzene rings is 2. The molecule has 0 amide bonds. The van der Waals surface area contributed by atoms with E-state index in [2.05, 4.69) is 4.72 Å². The summed E-state index contributed by atoms with van der Waals surface area (Å²) in [6, 6.07) is 13.3. The van der Waals surface area contributed by atoms with E-state index in [1.807, 2.05) is 63.2 Å². The average Bonchev–Trinajstić information content (AvgIpc) is 2.42. The van der Waals surface area contributed by atoms with Crippen LogP contribution in [0.2, 0.25) is 0 Å². The van der Waals surface area contributed by atoms with Crippen LogP contribution in [0.5, 0.6) is 0 Å². The Labute approximate surface area is 126 Å². The Kier molecular flexibility index (Phi) is 4.48. The molecular weight excluding hydrogens is 282 g/mol. The van der Waals surface area contributed by atoms with Gasteiger partial charge in [0.2, 0.25) is 0 Å². The van der Waals surface area contributed by atoms with E-state index in [0.717, 1.165) is 22.3 Å². The van der Waals surface area contributed by atoms with Gasteiger partial charge in [0, 0.05) is 0 Å². The maximum Gasteiger partial charge on any atom is 0.255 e. The summed E-state index contributed by atoms with van der Waals surface area (Å²) in [4.78, 5) is 0. The number of nitrogens with one attached hydrogen (secondary N) is 1. The fraction of sp³-hybridized carbons (Fsp3) is 0.176. The number of aryl methyl sites for hydroxylation is 3. The highest BCUT2D eigenvalue weighted by Gasteiger charge is 2.10. The quantitative estimate of drug-likeness (QED) is 0.927. The Balaban J connectivity index is 2.25. The highest BCUT2D eigenvalue weighted by molar-refractivity contribution is 7.95. The molecule has 0 radical (unpaired) electrons. The maximum absolute atomic E-state index is 12.2. The molecule has 0 saturated heterocycles. The molecule has 2 rings (SSSR count). The van der Waals surface area contributed by atoms with Gasteiger partial charge in [-0.1, -0.05) is 48.0 Å². The van der Waals surface area contributed by atoms with Crippen LogP contribution >= 0.6 is 0 Å². The Hall–Kier alpha value is -2.07. The second kappa shape index (κ2) is 6.14. The molecule has 0 aromatic heterocycles. The molecule has 0 spiro atoms. The lowest BCUT2D eigenvalue weighted by Crippen LogP contribution is -2.11. The van der Waals surface area contributed by atoms with Crippen molar-refractivity contribution in [1.29, 1.82) is 0 Å². The molecule has 3 nitrogen and oxygen atoms in total. The standard InChI is InChI=1S/C17H19NO2S/c1-13-11-14(2)17(15(3)12-13)18-21(19,20)10-9-16-7-5-4-6-8-16/h4-12,18H,1-3H3/b10-9+. The summed E-state index contributed by atoms with van der Waals surface area (Å²) in [6.45, 7) is 5.80. The minimum atomic E-state index is -3.52. The Morgan fingerprint density at radius 1 is 0.952 bits per heavy atom. The minimum absolute atomic E-state index is 0.651. The summed E-state index contributed by atoms with van der Waals surface area (Å²) in [6.07, 6.45) is 1.58. The maximum atomic E-state index is 12.2. The lowest BCUT2D eigenvalue weighted by Gasteiger charge is -2.12. The van der Waals surface area contributed by atoms with Crippen LogP contribution in [-0.2, 0) is 10.0 Å². The molecule has 4 heteroatoms. The normalized spacial score (nSPS) is 11.8. The molecule has 0 aliphatic carbocycles. The third kappa shape index (κ3) is 4.20. The average molecular weight is 301 g/mol. The SMILES string of the molecule is Cc1cc(C)c(NS(=O)(=O)/C=C/c2ccccc2)c(C)c1. The summed E-state index contributed by atoms with van der Waals surface area (Å²) < 4.78 is 27.0. The zero-order chi connectivity index (χ0) is 15.5. The van der Waals surface area contributed by atoms with E-state index >= 15 is 0 Å². The third-order valence-electron chi connectivity index (χ3n) is 3.16. The van der Waals surface area contributed by atoms with Crippen molar-refractivity contribution in [2.75, 3.05) is 4.72 Å². The fourth-order valence-electron chi connectivity index (χ4n) is 2.25. The molecule has 0 unspecified atom stereocenters. The molecule has 0 saturated carbocycles. The van der Waals surface area contributed by atoms with Crippen LogP contribution in [0.1, 0.15) is 22.3 Å². The Bertz CT molecular complexity index is 740. The van der Waals surface area contributed by atoms with Crippen LogP contribution in [-0.4, -0.2) is 8.42 Å². The third-order valence-corrected chi connectivity index (χ3v) is 4.14. The smallest absolute Gasteiger partial charge is 0.255 e. The molecule has 0 aliphatic rings. The molecule has 21 heavy (non-hydrogen) atoms. The van der Waals surface area contributed by atoms with E-state index in [-0.39, 0.29) is 0 Å². The van der Waals surface area contributed by atoms with Crippen molar-refractivity contribution in [2.45, 2.75) is 20.8 Å². The zero-order valence-corrected chi connectivity index (χ0v) is 13.2. The number of sulfonamides is 1. The van der Waals surface area contributed by atoms with Crippen LogP contribution in [0.15, 0.2) is 47.9 Å². The van der Waals surface area contributed by atoms with Gasteiger partial charge in [-0.2, -0.15) is 0 Å². The van der Waals surface area contributed by atoms with Crippen molar-refractivity contribution in [1.82, 2.24) is 0 Å². The molecule has 2 aromatic carbocycles. The molecule has 0 fully saturated rings. The van der Waals surface area contributed by atoms with Crippen molar-refractivity contribution < 1.29 is 8.42 Å². The Morgan fingerprint density at radius 3 is 2.10 bits per heavy atom. The number of rotatable bonds is 4. The van der Waals surface area contributed by atoms with Crippen LogP contribution < -0.4 is 4.72 Å². The van der Waals surface area contributed by atoms with Gasteiger partial charge in [-0.05, 0) is 43.5 Å². The van der Waals surface area contributed by atoms with Gasteiger partial charge in [-0.3, -0.25) is 4.72 Å². The van der Waals surface area contributed by atoms with Gasteiger partial charge in [0.05, 0.1) is 11.1 Å². The number of anilines is 1. The molecule has 0 atom stereocenters. The topological polar surface area (TPSA) is 46.2 Å². The van der Waals surface area contributed by atoms with Gasteiger partial charge in [0.15, 0.2) is 0 Å². The first-order valence-corrected chi connectivity index (χ1v) is 8.26. The molecule has 0 heterocycles. The van der Waals surface area contributed by atoms with Gasteiger partial charge in [0.25, 0.3) is 10.0 Å². The van der Waals surface area contributed by atoms with Gasteiger partial charge in [-0.25, -0.2) is 8.42 Å². The lowest BCUT2D eigenvalue weighted by molar-refractivity contribution is 0.609. The first-order valence-electron chi connectivity index (χ1n) is 6.71. The fourth-order valence-corrected chi connectivity index (χ4v) is 3.26. The zero-order valence-electron chi connectivity index (χ0n) is 12.4. The van der Waals surface area contributed by atoms with Crippen LogP contribution in [0, 0.1) is 20.8 Å². The molecule has 0 bridgehead atoms. The largest absolute Gasteiger partial charge is 0.280 e. The summed E-state index contributed by atoms with van der Waals surface area (Å²) in [5, 5.41) is 1.20. The van der Waals surface area contributed by atoms with E-state index in [1.54, 1.807) is 6.08 Å². The first kappa shape index (κ1) is 15.3. The molecule has 110 valence electrons. The minimum Gasteiger partial charge on any atom is -0.280 e. The van der Waals surface area contributed by atoms with Crippen molar-refractivity contribution in [3.05, 3.63) is 70.1 Å². The van der Waals surface area contributed by atoms with Crippen LogP contribution in [0.25, 0.3) is 6.08 Å². The lowest BCUT2D eigenvalue weighted by atomic mass is 10.1. The monoisotopic (exact) mass is 301 g/mol. The van der Waals surface area contributed by atoms with Gasteiger partial charge < -0.3 is 0 Å². The highest BCUT2D eigenvalue weighted by Crippen LogP contribution is 2.23. The van der Waals surface area contributed by atoms with Crippen LogP contribution in [0.4, 0.5) is 5.69 Å². The number of hydrogen-bond donors (Lipinski definition) is 1. The molecular formula is C17H19NO2S. The van der Waals surface area contributed by atoms with Gasteiger partial charge >= 0.3 is 0 Å². The summed E-state index contributed by atoms with van der Waals surface area (Å²) in [7, 11) is -3.52. The van der Waals surface area contributed by atoms with E-state index in [4.69, 9.17) is 0 Å². The van der Waals surface area contributed by atoms with E-state index < -0.39 is 10.0 Å². The molecule has 0 aliphatic heterocycles. The van der Waals surface area contributed by atoms with Crippen molar-refractivity contribution >= 4 is 21.8 Å². The van der Waals surface area contributed by atoms with Gasteiger partial charge in [0.1, 0.15) is 0 Å². The van der Waals surface area contributed by atoms with E-state index in [1.165, 1.54) is 5.41 Å². The van der Waals surface area contributed by atoms with Crippen molar-refractivity contribution in [3.63, 3.8) is 0 Å². The summed E-state index contributed by atoms with van der Waals surface area (Å²) >= 11 is 0.